The Labute approximate surface area is 149 Å². The first-order valence-electron chi connectivity index (χ1n) is 8.79. The number of carbonyl (C=O) groups is 2. The smallest absolute Gasteiger partial charge is 0.144 e. The normalized spacial score (nSPS) is 19.4. The van der Waals surface area contributed by atoms with Crippen LogP contribution < -0.4 is 4.74 Å². The zero-order valence-corrected chi connectivity index (χ0v) is 14.9. The van der Waals surface area contributed by atoms with Crippen molar-refractivity contribution in [1.82, 2.24) is 0 Å². The van der Waals surface area contributed by atoms with Gasteiger partial charge in [-0.25, -0.2) is 0 Å². The van der Waals surface area contributed by atoms with Crippen molar-refractivity contribution in [3.63, 3.8) is 0 Å². The predicted octanol–water partition coefficient (Wildman–Crippen LogP) is 4.06. The largest absolute Gasteiger partial charge is 0.497 e. The number of aryl methyl sites for hydroxylation is 1. The van der Waals surface area contributed by atoms with Gasteiger partial charge in [0.1, 0.15) is 17.3 Å². The third-order valence-corrected chi connectivity index (χ3v) is 5.24. The number of ether oxygens (including phenoxy) is 1. The number of hydrogen-bond acceptors (Lipinski definition) is 3. The number of methoxy groups -OCH3 is 1. The molecule has 0 saturated carbocycles. The minimum atomic E-state index is -0.618. The average Bonchev–Trinajstić information content (AvgIpc) is 2.63. The molecule has 3 heteroatoms. The van der Waals surface area contributed by atoms with Crippen LogP contribution in [0.5, 0.6) is 5.75 Å². The van der Waals surface area contributed by atoms with Crippen LogP contribution in [0.3, 0.4) is 0 Å². The van der Waals surface area contributed by atoms with Gasteiger partial charge in [-0.3, -0.25) is 4.79 Å². The highest BCUT2D eigenvalue weighted by Gasteiger charge is 2.43. The van der Waals surface area contributed by atoms with Crippen LogP contribution >= 0.6 is 0 Å². The van der Waals surface area contributed by atoms with E-state index in [1.807, 2.05) is 36.4 Å². The second-order valence-corrected chi connectivity index (χ2v) is 6.89. The van der Waals surface area contributed by atoms with Gasteiger partial charge < -0.3 is 9.53 Å². The van der Waals surface area contributed by atoms with E-state index >= 15 is 0 Å². The summed E-state index contributed by atoms with van der Waals surface area (Å²) in [6, 6.07) is 16.1. The lowest BCUT2D eigenvalue weighted by molar-refractivity contribution is -0.126. The van der Waals surface area contributed by atoms with Gasteiger partial charge in [-0.2, -0.15) is 0 Å². The SMILES string of the molecule is COc1ccc2c(c1)CCC(=O)[C@@]2(CCC(C)=O)Cc1ccccc1. The predicted molar refractivity (Wildman–Crippen MR) is 98.1 cm³/mol. The molecule has 1 aliphatic rings. The lowest BCUT2D eigenvalue weighted by Crippen LogP contribution is -2.42. The van der Waals surface area contributed by atoms with Gasteiger partial charge in [-0.05, 0) is 55.0 Å². The fraction of sp³-hybridized carbons (Fsp3) is 0.364. The number of carbonyl (C=O) groups excluding carboxylic acids is 2. The summed E-state index contributed by atoms with van der Waals surface area (Å²) in [5.74, 6) is 1.18. The van der Waals surface area contributed by atoms with E-state index in [0.717, 1.165) is 23.3 Å². The molecule has 0 aliphatic heterocycles. The summed E-state index contributed by atoms with van der Waals surface area (Å²) in [4.78, 5) is 24.8. The first-order chi connectivity index (χ1) is 12.0. The topological polar surface area (TPSA) is 43.4 Å². The summed E-state index contributed by atoms with van der Waals surface area (Å²) in [6.07, 6.45) is 2.88. The van der Waals surface area contributed by atoms with Gasteiger partial charge in [0.05, 0.1) is 12.5 Å². The van der Waals surface area contributed by atoms with Gasteiger partial charge >= 0.3 is 0 Å². The van der Waals surface area contributed by atoms with Crippen molar-refractivity contribution >= 4 is 11.6 Å². The van der Waals surface area contributed by atoms with Gasteiger partial charge in [0.2, 0.25) is 0 Å². The molecule has 25 heavy (non-hydrogen) atoms. The highest BCUT2D eigenvalue weighted by molar-refractivity contribution is 5.93. The van der Waals surface area contributed by atoms with E-state index in [1.54, 1.807) is 14.0 Å². The Morgan fingerprint density at radius 1 is 1.12 bits per heavy atom. The number of Topliss-reactive ketones (excluding diaryl/α,β-unsaturated/α-hetero) is 2. The Hall–Kier alpha value is -2.42. The molecule has 1 atom stereocenters. The van der Waals surface area contributed by atoms with E-state index in [9.17, 15) is 9.59 Å². The van der Waals surface area contributed by atoms with Crippen LogP contribution in [0.25, 0.3) is 0 Å². The number of rotatable bonds is 6. The zero-order chi connectivity index (χ0) is 17.9. The lowest BCUT2D eigenvalue weighted by Gasteiger charge is -2.38. The molecule has 0 bridgehead atoms. The Morgan fingerprint density at radius 3 is 2.56 bits per heavy atom. The molecule has 1 aliphatic carbocycles. The summed E-state index contributed by atoms with van der Waals surface area (Å²) in [5, 5.41) is 0. The molecule has 0 aromatic heterocycles. The molecule has 0 N–H and O–H groups in total. The second-order valence-electron chi connectivity index (χ2n) is 6.89. The summed E-state index contributed by atoms with van der Waals surface area (Å²) in [7, 11) is 1.66. The van der Waals surface area contributed by atoms with Crippen LogP contribution in [0.2, 0.25) is 0 Å². The highest BCUT2D eigenvalue weighted by Crippen LogP contribution is 2.42. The molecule has 2 aromatic carbocycles. The minimum Gasteiger partial charge on any atom is -0.497 e. The van der Waals surface area contributed by atoms with Gasteiger partial charge in [0, 0.05) is 12.8 Å². The molecule has 0 spiro atoms. The molecule has 0 heterocycles. The van der Waals surface area contributed by atoms with Crippen LogP contribution in [0.1, 0.15) is 42.9 Å². The Balaban J connectivity index is 2.09. The Bertz CT molecular complexity index is 779. The van der Waals surface area contributed by atoms with Gasteiger partial charge in [-0.1, -0.05) is 36.4 Å². The molecule has 3 rings (SSSR count). The Kier molecular flexibility index (Phi) is 5.03. The van der Waals surface area contributed by atoms with E-state index in [1.165, 1.54) is 5.56 Å². The average molecular weight is 336 g/mol. The van der Waals surface area contributed by atoms with Crippen LogP contribution in [0.15, 0.2) is 48.5 Å². The maximum absolute atomic E-state index is 13.1. The van der Waals surface area contributed by atoms with E-state index in [0.29, 0.717) is 25.7 Å². The van der Waals surface area contributed by atoms with E-state index in [4.69, 9.17) is 4.74 Å². The lowest BCUT2D eigenvalue weighted by atomic mass is 9.63. The quantitative estimate of drug-likeness (QED) is 0.799. The number of ketones is 2. The molecule has 0 radical (unpaired) electrons. The third kappa shape index (κ3) is 3.51. The zero-order valence-electron chi connectivity index (χ0n) is 14.9. The number of fused-ring (bicyclic) bond motifs is 1. The highest BCUT2D eigenvalue weighted by atomic mass is 16.5. The molecule has 130 valence electrons. The molecule has 0 unspecified atom stereocenters. The maximum Gasteiger partial charge on any atom is 0.144 e. The molecule has 0 fully saturated rings. The van der Waals surface area contributed by atoms with Crippen LogP contribution in [0, 0.1) is 0 Å². The monoisotopic (exact) mass is 336 g/mol. The first-order valence-corrected chi connectivity index (χ1v) is 8.79. The van der Waals surface area contributed by atoms with Gasteiger partial charge in [0.15, 0.2) is 0 Å². The summed E-state index contributed by atoms with van der Waals surface area (Å²) >= 11 is 0. The maximum atomic E-state index is 13.1. The van der Waals surface area contributed by atoms with Gasteiger partial charge in [0.25, 0.3) is 0 Å². The molecular weight excluding hydrogens is 312 g/mol. The number of hydrogen-bond donors (Lipinski definition) is 0. The fourth-order valence-corrected chi connectivity index (χ4v) is 3.90. The molecular formula is C22H24O3. The second kappa shape index (κ2) is 7.22. The van der Waals surface area contributed by atoms with Crippen LogP contribution in [-0.2, 0) is 27.8 Å². The minimum absolute atomic E-state index is 0.126. The van der Waals surface area contributed by atoms with Crippen molar-refractivity contribution in [2.75, 3.05) is 7.11 Å². The van der Waals surface area contributed by atoms with Crippen molar-refractivity contribution < 1.29 is 14.3 Å². The molecule has 0 amide bonds. The molecule has 2 aromatic rings. The summed E-state index contributed by atoms with van der Waals surface area (Å²) < 4.78 is 5.35. The molecule has 0 saturated heterocycles. The molecule has 3 nitrogen and oxygen atoms in total. The first kappa shape index (κ1) is 17.4. The van der Waals surface area contributed by atoms with E-state index in [-0.39, 0.29) is 11.6 Å². The number of benzene rings is 2. The van der Waals surface area contributed by atoms with Crippen molar-refractivity contribution in [3.8, 4) is 5.75 Å². The third-order valence-electron chi connectivity index (χ3n) is 5.24. The van der Waals surface area contributed by atoms with Crippen LogP contribution in [-0.4, -0.2) is 18.7 Å². The van der Waals surface area contributed by atoms with Crippen molar-refractivity contribution in [2.45, 2.75) is 44.4 Å². The Morgan fingerprint density at radius 2 is 1.88 bits per heavy atom. The standard InChI is InChI=1S/C22H24O3/c1-16(23)12-13-22(15-17-6-4-3-5-7-17)20-10-9-19(25-2)14-18(20)8-11-21(22)24/h3-7,9-10,14H,8,11-13,15H2,1-2H3/t22-/m0/s1. The fourth-order valence-electron chi connectivity index (χ4n) is 3.90. The van der Waals surface area contributed by atoms with Crippen molar-refractivity contribution in [1.29, 1.82) is 0 Å². The van der Waals surface area contributed by atoms with Crippen molar-refractivity contribution in [3.05, 3.63) is 65.2 Å². The van der Waals surface area contributed by atoms with Crippen LogP contribution in [0.4, 0.5) is 0 Å². The van der Waals surface area contributed by atoms with Gasteiger partial charge in [-0.15, -0.1) is 0 Å². The summed E-state index contributed by atoms with van der Waals surface area (Å²) in [6.45, 7) is 1.60. The van der Waals surface area contributed by atoms with Crippen molar-refractivity contribution in [2.24, 2.45) is 0 Å². The van der Waals surface area contributed by atoms with E-state index < -0.39 is 5.41 Å². The van der Waals surface area contributed by atoms with E-state index in [2.05, 4.69) is 12.1 Å². The summed E-state index contributed by atoms with van der Waals surface area (Å²) in [5.41, 5.74) is 2.74.